The van der Waals surface area contributed by atoms with E-state index in [1.165, 1.54) is 0 Å². The molecule has 0 fully saturated rings. The molecule has 0 aromatic heterocycles. The van der Waals surface area contributed by atoms with Gasteiger partial charge in [-0.15, -0.1) is 0 Å². The van der Waals surface area contributed by atoms with E-state index in [1.807, 2.05) is 0 Å². The molecule has 102 valence electrons. The summed E-state index contributed by atoms with van der Waals surface area (Å²) >= 11 is 0. The van der Waals surface area contributed by atoms with Crippen LogP contribution in [0.3, 0.4) is 0 Å². The monoisotopic (exact) mass is 244 g/mol. The zero-order valence-electron chi connectivity index (χ0n) is 11.5. The van der Waals surface area contributed by atoms with Gasteiger partial charge in [0.1, 0.15) is 0 Å². The van der Waals surface area contributed by atoms with E-state index in [4.69, 9.17) is 10.5 Å². The average molecular weight is 244 g/mol. The van der Waals surface area contributed by atoms with Crippen molar-refractivity contribution in [2.75, 3.05) is 26.3 Å². The van der Waals surface area contributed by atoms with E-state index in [2.05, 4.69) is 26.1 Å². The molecule has 0 aromatic carbocycles. The number of nitrogens with two attached hydrogens (primary N) is 1. The molecular formula is C13H28N2O2. The third kappa shape index (κ3) is 11.6. The van der Waals surface area contributed by atoms with Crippen LogP contribution in [0.1, 0.15) is 40.0 Å². The first-order valence-corrected chi connectivity index (χ1v) is 6.60. The Labute approximate surface area is 105 Å². The number of amides is 1. The zero-order valence-corrected chi connectivity index (χ0v) is 11.5. The first kappa shape index (κ1) is 16.4. The van der Waals surface area contributed by atoms with Gasteiger partial charge in [-0.1, -0.05) is 20.8 Å². The third-order valence-corrected chi connectivity index (χ3v) is 2.51. The van der Waals surface area contributed by atoms with Crippen molar-refractivity contribution in [3.8, 4) is 0 Å². The van der Waals surface area contributed by atoms with E-state index in [9.17, 15) is 4.79 Å². The van der Waals surface area contributed by atoms with E-state index < -0.39 is 0 Å². The van der Waals surface area contributed by atoms with E-state index in [-0.39, 0.29) is 5.91 Å². The molecule has 1 atom stereocenters. The molecule has 0 aliphatic heterocycles. The maximum Gasteiger partial charge on any atom is 0.220 e. The highest BCUT2D eigenvalue weighted by Crippen LogP contribution is 2.02. The van der Waals surface area contributed by atoms with Gasteiger partial charge in [-0.3, -0.25) is 4.79 Å². The van der Waals surface area contributed by atoms with Crippen molar-refractivity contribution in [3.05, 3.63) is 0 Å². The summed E-state index contributed by atoms with van der Waals surface area (Å²) in [4.78, 5) is 11.4. The molecular weight excluding hydrogens is 216 g/mol. The van der Waals surface area contributed by atoms with Crippen molar-refractivity contribution < 1.29 is 9.53 Å². The second kappa shape index (κ2) is 10.5. The highest BCUT2D eigenvalue weighted by atomic mass is 16.5. The highest BCUT2D eigenvalue weighted by Gasteiger charge is 2.04. The van der Waals surface area contributed by atoms with Gasteiger partial charge in [-0.2, -0.15) is 0 Å². The van der Waals surface area contributed by atoms with Crippen LogP contribution < -0.4 is 11.1 Å². The Kier molecular flexibility index (Phi) is 10.2. The van der Waals surface area contributed by atoms with Crippen LogP contribution in [0.25, 0.3) is 0 Å². The fraction of sp³-hybridized carbons (Fsp3) is 0.923. The SMILES string of the molecule is CC(C)COCCCNC(=O)CCC(C)CN. The van der Waals surface area contributed by atoms with Gasteiger partial charge in [-0.25, -0.2) is 0 Å². The number of hydrogen-bond donors (Lipinski definition) is 2. The normalized spacial score (nSPS) is 12.8. The fourth-order valence-electron chi connectivity index (χ4n) is 1.30. The lowest BCUT2D eigenvalue weighted by Crippen LogP contribution is -2.26. The lowest BCUT2D eigenvalue weighted by molar-refractivity contribution is -0.121. The Balaban J connectivity index is 3.28. The van der Waals surface area contributed by atoms with Gasteiger partial charge in [0.25, 0.3) is 0 Å². The zero-order chi connectivity index (χ0) is 13.1. The van der Waals surface area contributed by atoms with Crippen LogP contribution >= 0.6 is 0 Å². The standard InChI is InChI=1S/C13H28N2O2/c1-11(2)10-17-8-4-7-15-13(16)6-5-12(3)9-14/h11-12H,4-10,14H2,1-3H3,(H,15,16). The molecule has 0 heterocycles. The van der Waals surface area contributed by atoms with E-state index >= 15 is 0 Å². The summed E-state index contributed by atoms with van der Waals surface area (Å²) in [5.41, 5.74) is 5.49. The number of ether oxygens (including phenoxy) is 1. The lowest BCUT2D eigenvalue weighted by Gasteiger charge is -2.09. The summed E-state index contributed by atoms with van der Waals surface area (Å²) in [6.07, 6.45) is 2.32. The molecule has 4 nitrogen and oxygen atoms in total. The third-order valence-electron chi connectivity index (χ3n) is 2.51. The minimum atomic E-state index is 0.120. The summed E-state index contributed by atoms with van der Waals surface area (Å²) in [5.74, 6) is 1.12. The first-order chi connectivity index (χ1) is 8.06. The smallest absolute Gasteiger partial charge is 0.220 e. The Morgan fingerprint density at radius 3 is 2.65 bits per heavy atom. The Bertz CT molecular complexity index is 196. The topological polar surface area (TPSA) is 64.3 Å². The van der Waals surface area contributed by atoms with Crippen molar-refractivity contribution in [2.24, 2.45) is 17.6 Å². The highest BCUT2D eigenvalue weighted by molar-refractivity contribution is 5.75. The van der Waals surface area contributed by atoms with Gasteiger partial charge in [0.15, 0.2) is 0 Å². The molecule has 1 amide bonds. The molecule has 0 saturated heterocycles. The summed E-state index contributed by atoms with van der Waals surface area (Å²) in [6.45, 7) is 9.18. The minimum absolute atomic E-state index is 0.120. The lowest BCUT2D eigenvalue weighted by atomic mass is 10.1. The van der Waals surface area contributed by atoms with Crippen LogP contribution in [0, 0.1) is 11.8 Å². The van der Waals surface area contributed by atoms with E-state index in [0.717, 1.165) is 26.1 Å². The van der Waals surface area contributed by atoms with Crippen LogP contribution in [0.2, 0.25) is 0 Å². The molecule has 0 radical (unpaired) electrons. The van der Waals surface area contributed by atoms with Gasteiger partial charge in [0, 0.05) is 26.2 Å². The molecule has 0 aliphatic carbocycles. The molecule has 0 rings (SSSR count). The number of carbonyl (C=O) groups is 1. The van der Waals surface area contributed by atoms with Crippen molar-refractivity contribution >= 4 is 5.91 Å². The number of hydrogen-bond acceptors (Lipinski definition) is 3. The van der Waals surface area contributed by atoms with Gasteiger partial charge >= 0.3 is 0 Å². The van der Waals surface area contributed by atoms with E-state index in [0.29, 0.717) is 31.3 Å². The van der Waals surface area contributed by atoms with Gasteiger partial charge in [0.2, 0.25) is 5.91 Å². The number of carbonyl (C=O) groups excluding carboxylic acids is 1. The van der Waals surface area contributed by atoms with Crippen molar-refractivity contribution in [3.63, 3.8) is 0 Å². The van der Waals surface area contributed by atoms with Crippen molar-refractivity contribution in [2.45, 2.75) is 40.0 Å². The second-order valence-corrected chi connectivity index (χ2v) is 5.05. The summed E-state index contributed by atoms with van der Waals surface area (Å²) in [6, 6.07) is 0. The molecule has 17 heavy (non-hydrogen) atoms. The minimum Gasteiger partial charge on any atom is -0.381 e. The maximum atomic E-state index is 11.4. The molecule has 0 saturated carbocycles. The van der Waals surface area contributed by atoms with Crippen LogP contribution in [0.15, 0.2) is 0 Å². The Hall–Kier alpha value is -0.610. The Morgan fingerprint density at radius 2 is 2.06 bits per heavy atom. The molecule has 4 heteroatoms. The van der Waals surface area contributed by atoms with Crippen molar-refractivity contribution in [1.29, 1.82) is 0 Å². The number of nitrogens with one attached hydrogen (secondary N) is 1. The molecule has 3 N–H and O–H groups in total. The largest absolute Gasteiger partial charge is 0.381 e. The summed E-state index contributed by atoms with van der Waals surface area (Å²) < 4.78 is 5.42. The van der Waals surface area contributed by atoms with Crippen LogP contribution in [0.5, 0.6) is 0 Å². The van der Waals surface area contributed by atoms with Crippen LogP contribution in [-0.2, 0) is 9.53 Å². The van der Waals surface area contributed by atoms with Crippen LogP contribution in [-0.4, -0.2) is 32.2 Å². The molecule has 1 unspecified atom stereocenters. The quantitative estimate of drug-likeness (QED) is 0.573. The summed E-state index contributed by atoms with van der Waals surface area (Å²) in [7, 11) is 0. The fourth-order valence-corrected chi connectivity index (χ4v) is 1.30. The maximum absolute atomic E-state index is 11.4. The molecule has 0 bridgehead atoms. The predicted molar refractivity (Wildman–Crippen MR) is 70.7 cm³/mol. The first-order valence-electron chi connectivity index (χ1n) is 6.60. The summed E-state index contributed by atoms with van der Waals surface area (Å²) in [5, 5.41) is 2.89. The van der Waals surface area contributed by atoms with Crippen LogP contribution in [0.4, 0.5) is 0 Å². The molecule has 0 spiro atoms. The van der Waals surface area contributed by atoms with E-state index in [1.54, 1.807) is 0 Å². The van der Waals surface area contributed by atoms with Gasteiger partial charge in [0.05, 0.1) is 0 Å². The van der Waals surface area contributed by atoms with Gasteiger partial charge < -0.3 is 15.8 Å². The van der Waals surface area contributed by atoms with Gasteiger partial charge in [-0.05, 0) is 31.2 Å². The average Bonchev–Trinajstić information content (AvgIpc) is 2.30. The molecule has 0 aromatic rings. The predicted octanol–water partition coefficient (Wildman–Crippen LogP) is 1.54. The van der Waals surface area contributed by atoms with Crippen molar-refractivity contribution in [1.82, 2.24) is 5.32 Å². The molecule has 0 aliphatic rings. The second-order valence-electron chi connectivity index (χ2n) is 5.05. The number of rotatable bonds is 10. The Morgan fingerprint density at radius 1 is 1.35 bits per heavy atom.